The Labute approximate surface area is 271 Å². The molecule has 2 aromatic heterocycles. The van der Waals surface area contributed by atoms with E-state index in [1.54, 1.807) is 0 Å². The maximum Gasteiger partial charge on any atom is 0.289 e. The van der Waals surface area contributed by atoms with Crippen LogP contribution in [-0.2, 0) is 6.54 Å². The van der Waals surface area contributed by atoms with E-state index in [9.17, 15) is 9.59 Å². The van der Waals surface area contributed by atoms with Gasteiger partial charge in [-0.05, 0) is 63.0 Å². The van der Waals surface area contributed by atoms with E-state index in [-0.39, 0.29) is 11.8 Å². The molecule has 2 amide bonds. The largest absolute Gasteiger partial charge is 0.455 e. The van der Waals surface area contributed by atoms with E-state index in [0.717, 1.165) is 86.9 Å². The van der Waals surface area contributed by atoms with Crippen LogP contribution in [0.1, 0.15) is 58.8 Å². The van der Waals surface area contributed by atoms with Crippen LogP contribution in [0.25, 0.3) is 22.5 Å². The molecule has 4 aromatic rings. The Hall–Kier alpha value is -4.27. The van der Waals surface area contributed by atoms with Crippen LogP contribution in [-0.4, -0.2) is 94.8 Å². The second kappa shape index (κ2) is 14.0. The van der Waals surface area contributed by atoms with E-state index in [2.05, 4.69) is 9.80 Å². The average Bonchev–Trinajstić information content (AvgIpc) is 3.60. The first kappa shape index (κ1) is 30.4. The van der Waals surface area contributed by atoms with E-state index >= 15 is 0 Å². The summed E-state index contributed by atoms with van der Waals surface area (Å²) in [6.45, 7) is 7.50. The highest BCUT2D eigenvalue weighted by molar-refractivity contribution is 5.96. The van der Waals surface area contributed by atoms with Crippen molar-refractivity contribution in [3.63, 3.8) is 0 Å². The van der Waals surface area contributed by atoms with Crippen molar-refractivity contribution >= 4 is 11.8 Å². The van der Waals surface area contributed by atoms with Crippen LogP contribution in [0.15, 0.2) is 89.3 Å². The van der Waals surface area contributed by atoms with Gasteiger partial charge in [-0.2, -0.15) is 0 Å². The zero-order chi connectivity index (χ0) is 31.3. The number of pyridine rings is 1. The van der Waals surface area contributed by atoms with E-state index in [1.165, 1.54) is 19.3 Å². The van der Waals surface area contributed by atoms with Crippen LogP contribution in [0.2, 0.25) is 0 Å². The molecule has 2 aromatic carbocycles. The number of furan rings is 1. The second-order valence-electron chi connectivity index (χ2n) is 12.8. The van der Waals surface area contributed by atoms with Crippen molar-refractivity contribution in [2.24, 2.45) is 0 Å². The van der Waals surface area contributed by atoms with Gasteiger partial charge in [-0.1, -0.05) is 67.1 Å². The fourth-order valence-corrected chi connectivity index (χ4v) is 7.15. The SMILES string of the molecule is O=C(c1cc(-c2ccccc2)nc(-c2ccccc2)c1)N1CCN(C2CCN(C(=O)c3ccc(CN4CCCCC4)o3)CC2)CC1. The van der Waals surface area contributed by atoms with Gasteiger partial charge >= 0.3 is 0 Å². The first-order chi connectivity index (χ1) is 22.6. The molecule has 3 fully saturated rings. The molecular formula is C38H43N5O3. The van der Waals surface area contributed by atoms with Crippen LogP contribution in [0.5, 0.6) is 0 Å². The van der Waals surface area contributed by atoms with Crippen molar-refractivity contribution in [1.29, 1.82) is 0 Å². The first-order valence-electron chi connectivity index (χ1n) is 16.9. The second-order valence-corrected chi connectivity index (χ2v) is 12.8. The van der Waals surface area contributed by atoms with E-state index < -0.39 is 0 Å². The van der Waals surface area contributed by atoms with Crippen LogP contribution < -0.4 is 0 Å². The average molecular weight is 618 g/mol. The van der Waals surface area contributed by atoms with E-state index in [4.69, 9.17) is 9.40 Å². The third kappa shape index (κ3) is 6.93. The number of piperazine rings is 1. The Morgan fingerprint density at radius 1 is 0.652 bits per heavy atom. The van der Waals surface area contributed by atoms with Crippen molar-refractivity contribution in [3.8, 4) is 22.5 Å². The topological polar surface area (TPSA) is 73.1 Å². The lowest BCUT2D eigenvalue weighted by Gasteiger charge is -2.42. The fourth-order valence-electron chi connectivity index (χ4n) is 7.15. The maximum atomic E-state index is 13.8. The summed E-state index contributed by atoms with van der Waals surface area (Å²) in [5.74, 6) is 1.39. The fraction of sp³-hybridized carbons (Fsp3) is 0.395. The summed E-state index contributed by atoms with van der Waals surface area (Å²) in [6.07, 6.45) is 5.66. The summed E-state index contributed by atoms with van der Waals surface area (Å²) in [6, 6.07) is 28.2. The number of hydrogen-bond donors (Lipinski definition) is 0. The Morgan fingerprint density at radius 3 is 1.85 bits per heavy atom. The predicted molar refractivity (Wildman–Crippen MR) is 179 cm³/mol. The molecule has 0 N–H and O–H groups in total. The molecule has 7 rings (SSSR count). The number of carbonyl (C=O) groups excluding carboxylic acids is 2. The van der Waals surface area contributed by atoms with Crippen LogP contribution >= 0.6 is 0 Å². The molecule has 0 saturated carbocycles. The number of hydrogen-bond acceptors (Lipinski definition) is 6. The quantitative estimate of drug-likeness (QED) is 0.251. The summed E-state index contributed by atoms with van der Waals surface area (Å²) in [5, 5.41) is 0. The third-order valence-electron chi connectivity index (χ3n) is 9.78. The molecule has 0 bridgehead atoms. The van der Waals surface area contributed by atoms with E-state index in [0.29, 0.717) is 30.5 Å². The molecule has 0 spiro atoms. The van der Waals surface area contributed by atoms with Gasteiger partial charge in [0.2, 0.25) is 0 Å². The highest BCUT2D eigenvalue weighted by Crippen LogP contribution is 2.27. The van der Waals surface area contributed by atoms with Crippen LogP contribution in [0.4, 0.5) is 0 Å². The van der Waals surface area contributed by atoms with Crippen molar-refractivity contribution in [2.75, 3.05) is 52.4 Å². The monoisotopic (exact) mass is 617 g/mol. The molecule has 8 heteroatoms. The van der Waals surface area contributed by atoms with E-state index in [1.807, 2.05) is 94.7 Å². The Bertz CT molecular complexity index is 1560. The predicted octanol–water partition coefficient (Wildman–Crippen LogP) is 6.06. The van der Waals surface area contributed by atoms with Crippen LogP contribution in [0, 0.1) is 0 Å². The Balaban J connectivity index is 0.943. The van der Waals surface area contributed by atoms with Gasteiger partial charge in [-0.15, -0.1) is 0 Å². The normalized spacial score (nSPS) is 18.5. The molecule has 238 valence electrons. The number of likely N-dealkylation sites (tertiary alicyclic amines) is 2. The number of aromatic nitrogens is 1. The minimum absolute atomic E-state index is 0.000792. The zero-order valence-electron chi connectivity index (χ0n) is 26.5. The molecule has 0 atom stereocenters. The summed E-state index contributed by atoms with van der Waals surface area (Å²) >= 11 is 0. The van der Waals surface area contributed by atoms with Crippen LogP contribution in [0.3, 0.4) is 0 Å². The number of nitrogens with zero attached hydrogens (tertiary/aromatic N) is 5. The first-order valence-corrected chi connectivity index (χ1v) is 16.9. The highest BCUT2D eigenvalue weighted by Gasteiger charge is 2.32. The third-order valence-corrected chi connectivity index (χ3v) is 9.78. The number of rotatable bonds is 7. The number of carbonyl (C=O) groups is 2. The number of amides is 2. The van der Waals surface area contributed by atoms with Crippen molar-refractivity contribution in [3.05, 3.63) is 102 Å². The number of benzene rings is 2. The minimum atomic E-state index is 0.000792. The molecular weight excluding hydrogens is 574 g/mol. The smallest absolute Gasteiger partial charge is 0.289 e. The van der Waals surface area contributed by atoms with Gasteiger partial charge in [-0.3, -0.25) is 19.4 Å². The van der Waals surface area contributed by atoms with Gasteiger partial charge in [-0.25, -0.2) is 4.98 Å². The zero-order valence-corrected chi connectivity index (χ0v) is 26.5. The molecule has 0 unspecified atom stereocenters. The maximum absolute atomic E-state index is 13.8. The highest BCUT2D eigenvalue weighted by atomic mass is 16.4. The minimum Gasteiger partial charge on any atom is -0.455 e. The molecule has 3 aliphatic heterocycles. The number of piperidine rings is 2. The summed E-state index contributed by atoms with van der Waals surface area (Å²) in [4.78, 5) is 40.8. The molecule has 8 nitrogen and oxygen atoms in total. The summed E-state index contributed by atoms with van der Waals surface area (Å²) < 4.78 is 6.00. The van der Waals surface area contributed by atoms with Gasteiger partial charge in [0, 0.05) is 62.0 Å². The lowest BCUT2D eigenvalue weighted by atomic mass is 10.0. The standard InChI is InChI=1S/C38H43N5O3/c44-37(31-26-34(29-10-4-1-5-11-29)39-35(27-31)30-12-6-2-7-13-30)43-24-22-41(23-25-43)32-16-20-42(21-17-32)38(45)36-15-14-33(46-36)28-40-18-8-3-9-19-40/h1-2,4-7,10-15,26-27,32H,3,8-9,16-25,28H2. The Morgan fingerprint density at radius 2 is 1.24 bits per heavy atom. The van der Waals surface area contributed by atoms with Crippen molar-refractivity contribution in [1.82, 2.24) is 24.6 Å². The molecule has 46 heavy (non-hydrogen) atoms. The molecule has 0 radical (unpaired) electrons. The molecule has 5 heterocycles. The summed E-state index contributed by atoms with van der Waals surface area (Å²) in [5.41, 5.74) is 4.27. The van der Waals surface area contributed by atoms with Gasteiger partial charge in [0.25, 0.3) is 11.8 Å². The Kier molecular flexibility index (Phi) is 9.26. The lowest BCUT2D eigenvalue weighted by molar-refractivity contribution is 0.0401. The molecule has 0 aliphatic carbocycles. The van der Waals surface area contributed by atoms with Gasteiger partial charge < -0.3 is 14.2 Å². The van der Waals surface area contributed by atoms with Crippen molar-refractivity contribution in [2.45, 2.75) is 44.7 Å². The van der Waals surface area contributed by atoms with Gasteiger partial charge in [0.15, 0.2) is 5.76 Å². The van der Waals surface area contributed by atoms with Gasteiger partial charge in [0.1, 0.15) is 5.76 Å². The molecule has 3 saturated heterocycles. The summed E-state index contributed by atoms with van der Waals surface area (Å²) in [7, 11) is 0. The van der Waals surface area contributed by atoms with Gasteiger partial charge in [0.05, 0.1) is 17.9 Å². The molecule has 3 aliphatic rings. The lowest BCUT2D eigenvalue weighted by Crippen LogP contribution is -2.54. The van der Waals surface area contributed by atoms with Crippen molar-refractivity contribution < 1.29 is 14.0 Å².